The topological polar surface area (TPSA) is 29.1 Å². The molecule has 0 fully saturated rings. The van der Waals surface area contributed by atoms with Crippen LogP contribution in [0.5, 0.6) is 0 Å². The van der Waals surface area contributed by atoms with E-state index >= 15 is 0 Å². The number of nitrogens with one attached hydrogen (secondary N) is 1. The fourth-order valence-corrected chi connectivity index (χ4v) is 0.906. The van der Waals surface area contributed by atoms with Gasteiger partial charge in [-0.3, -0.25) is 4.79 Å². The van der Waals surface area contributed by atoms with Crippen LogP contribution in [0.15, 0.2) is 12.2 Å². The van der Waals surface area contributed by atoms with E-state index in [0.29, 0.717) is 5.57 Å². The molecule has 0 saturated carbocycles. The van der Waals surface area contributed by atoms with E-state index in [0.717, 1.165) is 24.0 Å². The van der Waals surface area contributed by atoms with Crippen molar-refractivity contribution >= 4 is 18.3 Å². The predicted octanol–water partition coefficient (Wildman–Crippen LogP) is 1.20. The summed E-state index contributed by atoms with van der Waals surface area (Å²) < 4.78 is 0.933. The van der Waals surface area contributed by atoms with Gasteiger partial charge >= 0.3 is 0 Å². The van der Waals surface area contributed by atoms with Gasteiger partial charge in [0, 0.05) is 18.5 Å². The van der Waals surface area contributed by atoms with E-state index in [-0.39, 0.29) is 18.3 Å². The molecule has 84 valence electrons. The van der Waals surface area contributed by atoms with Gasteiger partial charge in [0.15, 0.2) is 0 Å². The van der Waals surface area contributed by atoms with Gasteiger partial charge in [0.25, 0.3) is 0 Å². The Morgan fingerprint density at radius 2 is 1.86 bits per heavy atom. The van der Waals surface area contributed by atoms with Crippen LogP contribution in [0, 0.1) is 0 Å². The number of quaternary nitrogens is 1. The first-order valence-corrected chi connectivity index (χ1v) is 4.57. The maximum Gasteiger partial charge on any atom is 0.246 e. The third kappa shape index (κ3) is 9.55. The molecule has 0 aromatic rings. The van der Waals surface area contributed by atoms with Crippen LogP contribution >= 0.6 is 12.4 Å². The second kappa shape index (κ2) is 6.85. The zero-order valence-electron chi connectivity index (χ0n) is 9.59. The molecule has 1 amide bonds. The largest absolute Gasteiger partial charge is 0.352 e. The standard InChI is InChI=1S/C10H20N2O.ClH/c1-9(2)10(13)11-7-6-8-12(3,4)5;/h1,6-8H2,2-5H3;1H/p+1. The number of hydrogen-bond acceptors (Lipinski definition) is 1. The molecule has 0 aliphatic heterocycles. The van der Waals surface area contributed by atoms with Crippen molar-refractivity contribution in [3.8, 4) is 0 Å². The Kier molecular flexibility index (Phi) is 7.78. The lowest BCUT2D eigenvalue weighted by atomic mass is 10.3. The van der Waals surface area contributed by atoms with Crippen LogP contribution in [0.4, 0.5) is 0 Å². The fraction of sp³-hybridized carbons (Fsp3) is 0.700. The monoisotopic (exact) mass is 221 g/mol. The summed E-state index contributed by atoms with van der Waals surface area (Å²) in [6.45, 7) is 7.09. The first-order valence-electron chi connectivity index (χ1n) is 4.57. The highest BCUT2D eigenvalue weighted by atomic mass is 35.5. The van der Waals surface area contributed by atoms with E-state index in [1.807, 2.05) is 0 Å². The van der Waals surface area contributed by atoms with Gasteiger partial charge in [-0.05, 0) is 6.92 Å². The van der Waals surface area contributed by atoms with Gasteiger partial charge in [0.05, 0.1) is 27.7 Å². The first-order chi connectivity index (χ1) is 5.83. The third-order valence-corrected chi connectivity index (χ3v) is 1.68. The summed E-state index contributed by atoms with van der Waals surface area (Å²) in [7, 11) is 6.42. The van der Waals surface area contributed by atoms with Gasteiger partial charge in [-0.25, -0.2) is 0 Å². The van der Waals surface area contributed by atoms with Crippen molar-refractivity contribution < 1.29 is 9.28 Å². The molecule has 0 rings (SSSR count). The van der Waals surface area contributed by atoms with Crippen molar-refractivity contribution in [3.05, 3.63) is 12.2 Å². The minimum Gasteiger partial charge on any atom is -0.352 e. The molecule has 0 aliphatic carbocycles. The lowest BCUT2D eigenvalue weighted by molar-refractivity contribution is -0.870. The average Bonchev–Trinajstić information content (AvgIpc) is 1.95. The van der Waals surface area contributed by atoms with Gasteiger partial charge < -0.3 is 9.80 Å². The molecule has 0 unspecified atom stereocenters. The Balaban J connectivity index is 0. The molecule has 0 heterocycles. The molecule has 4 heteroatoms. The number of halogens is 1. The summed E-state index contributed by atoms with van der Waals surface area (Å²) in [6, 6.07) is 0. The Hall–Kier alpha value is -0.540. The summed E-state index contributed by atoms with van der Waals surface area (Å²) in [5.74, 6) is -0.0404. The molecule has 0 aromatic heterocycles. The predicted molar refractivity (Wildman–Crippen MR) is 62.6 cm³/mol. The third-order valence-electron chi connectivity index (χ3n) is 1.68. The average molecular weight is 222 g/mol. The van der Waals surface area contributed by atoms with Crippen molar-refractivity contribution in [1.82, 2.24) is 5.32 Å². The maximum atomic E-state index is 11.1. The first kappa shape index (κ1) is 15.9. The Labute approximate surface area is 93.2 Å². The fourth-order valence-electron chi connectivity index (χ4n) is 0.906. The van der Waals surface area contributed by atoms with Gasteiger partial charge in [0.2, 0.25) is 5.91 Å². The van der Waals surface area contributed by atoms with E-state index in [4.69, 9.17) is 0 Å². The summed E-state index contributed by atoms with van der Waals surface area (Å²) >= 11 is 0. The highest BCUT2D eigenvalue weighted by Crippen LogP contribution is 1.92. The highest BCUT2D eigenvalue weighted by molar-refractivity contribution is 5.91. The Morgan fingerprint density at radius 1 is 1.36 bits per heavy atom. The van der Waals surface area contributed by atoms with Crippen LogP contribution in [0.1, 0.15) is 13.3 Å². The van der Waals surface area contributed by atoms with Crippen molar-refractivity contribution in [1.29, 1.82) is 0 Å². The van der Waals surface area contributed by atoms with Gasteiger partial charge in [0.1, 0.15) is 0 Å². The number of carbonyl (C=O) groups is 1. The number of hydrogen-bond donors (Lipinski definition) is 1. The van der Waals surface area contributed by atoms with Crippen LogP contribution < -0.4 is 5.32 Å². The van der Waals surface area contributed by atoms with E-state index in [2.05, 4.69) is 33.0 Å². The van der Waals surface area contributed by atoms with Gasteiger partial charge in [-0.1, -0.05) is 6.58 Å². The molecule has 0 saturated heterocycles. The van der Waals surface area contributed by atoms with Crippen LogP contribution in [0.3, 0.4) is 0 Å². The minimum atomic E-state index is -0.0404. The maximum absolute atomic E-state index is 11.1. The molecule has 1 N–H and O–H groups in total. The summed E-state index contributed by atoms with van der Waals surface area (Å²) in [6.07, 6.45) is 1.00. The number of carbonyl (C=O) groups excluding carboxylic acids is 1. The SMILES string of the molecule is C=C(C)C(=O)NCCC[N+](C)(C)C.Cl. The van der Waals surface area contributed by atoms with Crippen molar-refractivity contribution in [2.45, 2.75) is 13.3 Å². The van der Waals surface area contributed by atoms with E-state index in [9.17, 15) is 4.79 Å². The van der Waals surface area contributed by atoms with Gasteiger partial charge in [-0.15, -0.1) is 12.4 Å². The quantitative estimate of drug-likeness (QED) is 0.422. The normalized spacial score (nSPS) is 10.3. The lowest BCUT2D eigenvalue weighted by Crippen LogP contribution is -2.37. The summed E-state index contributed by atoms with van der Waals surface area (Å²) in [5.41, 5.74) is 0.574. The second-order valence-corrected chi connectivity index (χ2v) is 4.40. The molecule has 0 aromatic carbocycles. The molecule has 0 bridgehead atoms. The molecule has 0 spiro atoms. The van der Waals surface area contributed by atoms with Crippen LogP contribution in [0.25, 0.3) is 0 Å². The molecule has 14 heavy (non-hydrogen) atoms. The van der Waals surface area contributed by atoms with Crippen LogP contribution in [-0.2, 0) is 4.79 Å². The molecule has 3 nitrogen and oxygen atoms in total. The van der Waals surface area contributed by atoms with Crippen LogP contribution in [-0.4, -0.2) is 44.6 Å². The zero-order valence-corrected chi connectivity index (χ0v) is 10.4. The number of amides is 1. The number of rotatable bonds is 5. The summed E-state index contributed by atoms with van der Waals surface area (Å²) in [4.78, 5) is 11.1. The molecule has 0 aliphatic rings. The van der Waals surface area contributed by atoms with Crippen molar-refractivity contribution in [3.63, 3.8) is 0 Å². The molecular formula is C10H22ClN2O+. The lowest BCUT2D eigenvalue weighted by Gasteiger charge is -2.23. The second-order valence-electron chi connectivity index (χ2n) is 4.40. The Morgan fingerprint density at radius 3 is 2.21 bits per heavy atom. The molecule has 0 atom stereocenters. The van der Waals surface area contributed by atoms with E-state index in [1.54, 1.807) is 6.92 Å². The van der Waals surface area contributed by atoms with Crippen molar-refractivity contribution in [2.24, 2.45) is 0 Å². The van der Waals surface area contributed by atoms with E-state index in [1.165, 1.54) is 0 Å². The van der Waals surface area contributed by atoms with Gasteiger partial charge in [-0.2, -0.15) is 0 Å². The smallest absolute Gasteiger partial charge is 0.246 e. The zero-order chi connectivity index (χ0) is 10.5. The van der Waals surface area contributed by atoms with E-state index < -0.39 is 0 Å². The van der Waals surface area contributed by atoms with Crippen molar-refractivity contribution in [2.75, 3.05) is 34.2 Å². The minimum absolute atomic E-state index is 0. The van der Waals surface area contributed by atoms with Crippen LogP contribution in [0.2, 0.25) is 0 Å². The molecule has 0 radical (unpaired) electrons. The highest BCUT2D eigenvalue weighted by Gasteiger charge is 2.06. The number of nitrogens with zero attached hydrogens (tertiary/aromatic N) is 1. The summed E-state index contributed by atoms with van der Waals surface area (Å²) in [5, 5.41) is 2.81. The Bertz CT molecular complexity index is 197. The molecular weight excluding hydrogens is 200 g/mol.